The van der Waals surface area contributed by atoms with Gasteiger partial charge in [0.2, 0.25) is 5.91 Å². The van der Waals surface area contributed by atoms with E-state index >= 15 is 0 Å². The van der Waals surface area contributed by atoms with Gasteiger partial charge in [-0.05, 0) is 33.1 Å². The lowest BCUT2D eigenvalue weighted by Gasteiger charge is -2.33. The number of hydrogen-bond acceptors (Lipinski definition) is 1. The molecule has 1 rings (SSSR count). The second kappa shape index (κ2) is 4.85. The topological polar surface area (TPSA) is 20.3 Å². The first-order chi connectivity index (χ1) is 6.11. The van der Waals surface area contributed by atoms with Crippen LogP contribution in [0.25, 0.3) is 0 Å². The molecule has 13 heavy (non-hydrogen) atoms. The molecule has 0 aromatic heterocycles. The fourth-order valence-corrected chi connectivity index (χ4v) is 1.96. The van der Waals surface area contributed by atoms with E-state index in [9.17, 15) is 4.79 Å². The molecule has 0 bridgehead atoms. The summed E-state index contributed by atoms with van der Waals surface area (Å²) in [6.07, 6.45) is 4.02. The highest BCUT2D eigenvalue weighted by molar-refractivity contribution is 6.21. The minimum Gasteiger partial charge on any atom is -0.340 e. The summed E-state index contributed by atoms with van der Waals surface area (Å²) in [6.45, 7) is 4.91. The summed E-state index contributed by atoms with van der Waals surface area (Å²) in [5.41, 5.74) is 0. The van der Waals surface area contributed by atoms with Crippen molar-refractivity contribution in [3.8, 4) is 0 Å². The Kier molecular flexibility index (Phi) is 4.04. The van der Waals surface area contributed by atoms with Gasteiger partial charge in [0.05, 0.1) is 0 Å². The third-order valence-electron chi connectivity index (χ3n) is 2.58. The van der Waals surface area contributed by atoms with Gasteiger partial charge < -0.3 is 4.90 Å². The molecule has 1 saturated heterocycles. The van der Waals surface area contributed by atoms with Crippen molar-refractivity contribution in [3.63, 3.8) is 0 Å². The summed E-state index contributed by atoms with van der Waals surface area (Å²) in [7, 11) is 0. The van der Waals surface area contributed by atoms with Crippen LogP contribution in [0.2, 0.25) is 0 Å². The monoisotopic (exact) mass is 203 g/mol. The van der Waals surface area contributed by atoms with Gasteiger partial charge >= 0.3 is 0 Å². The molecule has 1 amide bonds. The van der Waals surface area contributed by atoms with Gasteiger partial charge in [-0.15, -0.1) is 11.6 Å². The number of nitrogens with zero attached hydrogens (tertiary/aromatic N) is 1. The smallest absolute Gasteiger partial charge is 0.224 e. The Labute approximate surface area is 85.2 Å². The average molecular weight is 204 g/mol. The normalized spacial score (nSPS) is 25.8. The molecule has 2 atom stereocenters. The van der Waals surface area contributed by atoms with E-state index in [1.165, 1.54) is 6.42 Å². The third kappa shape index (κ3) is 3.18. The lowest BCUT2D eigenvalue weighted by molar-refractivity contribution is -0.134. The molecule has 2 nitrogen and oxygen atoms in total. The van der Waals surface area contributed by atoms with Crippen LogP contribution in [0.15, 0.2) is 0 Å². The van der Waals surface area contributed by atoms with Gasteiger partial charge in [0.25, 0.3) is 0 Å². The van der Waals surface area contributed by atoms with Crippen molar-refractivity contribution in [1.29, 1.82) is 0 Å². The van der Waals surface area contributed by atoms with E-state index < -0.39 is 0 Å². The zero-order chi connectivity index (χ0) is 9.84. The highest BCUT2D eigenvalue weighted by Crippen LogP contribution is 2.18. The molecule has 0 radical (unpaired) electrons. The minimum absolute atomic E-state index is 0.0402. The molecule has 0 aliphatic carbocycles. The summed E-state index contributed by atoms with van der Waals surface area (Å²) >= 11 is 5.79. The summed E-state index contributed by atoms with van der Waals surface area (Å²) in [5, 5.41) is -0.0402. The molecule has 1 aliphatic heterocycles. The highest BCUT2D eigenvalue weighted by atomic mass is 35.5. The van der Waals surface area contributed by atoms with Crippen LogP contribution in [-0.2, 0) is 4.79 Å². The van der Waals surface area contributed by atoms with Crippen LogP contribution in [0.1, 0.15) is 39.5 Å². The Bertz CT molecular complexity index is 182. The van der Waals surface area contributed by atoms with E-state index in [1.54, 1.807) is 0 Å². The van der Waals surface area contributed by atoms with Gasteiger partial charge in [0, 0.05) is 24.4 Å². The van der Waals surface area contributed by atoms with Crippen LogP contribution in [0.5, 0.6) is 0 Å². The molecule has 0 aromatic carbocycles. The summed E-state index contributed by atoms with van der Waals surface area (Å²) in [6, 6.07) is 0.414. The Morgan fingerprint density at radius 3 is 2.85 bits per heavy atom. The molecule has 1 heterocycles. The van der Waals surface area contributed by atoms with E-state index in [2.05, 4.69) is 6.92 Å². The third-order valence-corrected chi connectivity index (χ3v) is 2.73. The number of amides is 1. The molecule has 3 heteroatoms. The van der Waals surface area contributed by atoms with E-state index in [0.29, 0.717) is 12.5 Å². The van der Waals surface area contributed by atoms with Crippen LogP contribution in [0, 0.1) is 0 Å². The maximum absolute atomic E-state index is 11.7. The van der Waals surface area contributed by atoms with Crippen LogP contribution in [-0.4, -0.2) is 28.8 Å². The van der Waals surface area contributed by atoms with Gasteiger partial charge in [-0.2, -0.15) is 0 Å². The molecule has 1 fully saturated rings. The predicted octanol–water partition coefficient (Wildman–Crippen LogP) is 2.40. The number of carbonyl (C=O) groups is 1. The number of piperidine rings is 1. The molecule has 0 saturated carbocycles. The van der Waals surface area contributed by atoms with Gasteiger partial charge in [-0.25, -0.2) is 0 Å². The number of rotatable bonds is 2. The van der Waals surface area contributed by atoms with Crippen molar-refractivity contribution < 1.29 is 4.79 Å². The first-order valence-corrected chi connectivity index (χ1v) is 5.48. The Balaban J connectivity index is 2.44. The number of hydrogen-bond donors (Lipinski definition) is 0. The lowest BCUT2D eigenvalue weighted by Crippen LogP contribution is -2.42. The zero-order valence-corrected chi connectivity index (χ0v) is 9.18. The molecular formula is C10H18ClNO. The SMILES string of the molecule is CC(Cl)CC(=O)N1CCCCC1C. The Morgan fingerprint density at radius 2 is 2.31 bits per heavy atom. The van der Waals surface area contributed by atoms with Crippen LogP contribution >= 0.6 is 11.6 Å². The first-order valence-electron chi connectivity index (χ1n) is 5.05. The Morgan fingerprint density at radius 1 is 1.62 bits per heavy atom. The molecule has 0 aromatic rings. The molecular weight excluding hydrogens is 186 g/mol. The number of carbonyl (C=O) groups excluding carboxylic acids is 1. The van der Waals surface area contributed by atoms with E-state index in [0.717, 1.165) is 19.4 Å². The van der Waals surface area contributed by atoms with Gasteiger partial charge in [0.15, 0.2) is 0 Å². The van der Waals surface area contributed by atoms with Crippen molar-refractivity contribution in [2.45, 2.75) is 50.9 Å². The Hall–Kier alpha value is -0.240. The molecule has 2 unspecified atom stereocenters. The van der Waals surface area contributed by atoms with Crippen LogP contribution in [0.3, 0.4) is 0 Å². The maximum Gasteiger partial charge on any atom is 0.224 e. The molecule has 76 valence electrons. The summed E-state index contributed by atoms with van der Waals surface area (Å²) in [4.78, 5) is 13.6. The quantitative estimate of drug-likeness (QED) is 0.632. The summed E-state index contributed by atoms with van der Waals surface area (Å²) < 4.78 is 0. The largest absolute Gasteiger partial charge is 0.340 e. The molecule has 0 spiro atoms. The summed E-state index contributed by atoms with van der Waals surface area (Å²) in [5.74, 6) is 0.217. The van der Waals surface area contributed by atoms with E-state index in [-0.39, 0.29) is 11.3 Å². The number of alkyl halides is 1. The van der Waals surface area contributed by atoms with Crippen molar-refractivity contribution in [3.05, 3.63) is 0 Å². The van der Waals surface area contributed by atoms with Crippen molar-refractivity contribution in [2.75, 3.05) is 6.54 Å². The zero-order valence-electron chi connectivity index (χ0n) is 8.42. The van der Waals surface area contributed by atoms with Crippen molar-refractivity contribution in [1.82, 2.24) is 4.90 Å². The maximum atomic E-state index is 11.7. The highest BCUT2D eigenvalue weighted by Gasteiger charge is 2.23. The average Bonchev–Trinajstić information content (AvgIpc) is 2.03. The standard InChI is InChI=1S/C10H18ClNO/c1-8(11)7-10(13)12-6-4-3-5-9(12)2/h8-9H,3-7H2,1-2H3. The second-order valence-corrected chi connectivity index (χ2v) is 4.66. The van der Waals surface area contributed by atoms with Gasteiger partial charge in [-0.3, -0.25) is 4.79 Å². The fourth-order valence-electron chi connectivity index (χ4n) is 1.83. The van der Waals surface area contributed by atoms with E-state index in [1.807, 2.05) is 11.8 Å². The minimum atomic E-state index is -0.0402. The van der Waals surface area contributed by atoms with Crippen LogP contribution in [0.4, 0.5) is 0 Å². The van der Waals surface area contributed by atoms with Crippen molar-refractivity contribution in [2.24, 2.45) is 0 Å². The van der Waals surface area contributed by atoms with Crippen molar-refractivity contribution >= 4 is 17.5 Å². The van der Waals surface area contributed by atoms with Gasteiger partial charge in [0.1, 0.15) is 0 Å². The molecule has 0 N–H and O–H groups in total. The predicted molar refractivity (Wildman–Crippen MR) is 55.0 cm³/mol. The molecule has 1 aliphatic rings. The van der Waals surface area contributed by atoms with E-state index in [4.69, 9.17) is 11.6 Å². The lowest BCUT2D eigenvalue weighted by atomic mass is 10.0. The first kappa shape index (κ1) is 10.8. The fraction of sp³-hybridized carbons (Fsp3) is 0.900. The number of likely N-dealkylation sites (tertiary alicyclic amines) is 1. The van der Waals surface area contributed by atoms with Crippen LogP contribution < -0.4 is 0 Å². The second-order valence-electron chi connectivity index (χ2n) is 3.92. The number of halogens is 1. The van der Waals surface area contributed by atoms with Gasteiger partial charge in [-0.1, -0.05) is 0 Å².